The Labute approximate surface area is 175 Å². The molecule has 2 aromatic heterocycles. The highest BCUT2D eigenvalue weighted by atomic mass is 32.1. The number of hydrogen-bond acceptors (Lipinski definition) is 5. The third-order valence-corrected chi connectivity index (χ3v) is 6.87. The zero-order valence-corrected chi connectivity index (χ0v) is 18.3. The number of aromatic nitrogens is 2. The predicted molar refractivity (Wildman–Crippen MR) is 118 cm³/mol. The van der Waals surface area contributed by atoms with Crippen LogP contribution in [-0.2, 0) is 19.4 Å². The van der Waals surface area contributed by atoms with E-state index in [0.717, 1.165) is 35.0 Å². The van der Waals surface area contributed by atoms with E-state index in [2.05, 4.69) is 6.92 Å². The number of nitrogens with zero attached hydrogens (tertiary/aromatic N) is 3. The van der Waals surface area contributed by atoms with Crippen LogP contribution in [0.15, 0.2) is 35.1 Å². The van der Waals surface area contributed by atoms with E-state index in [1.54, 1.807) is 28.0 Å². The average Bonchev–Trinajstić information content (AvgIpc) is 3.04. The largest absolute Gasteiger partial charge is 0.302 e. The molecule has 0 aliphatic heterocycles. The Morgan fingerprint density at radius 2 is 2.03 bits per heavy atom. The molecule has 1 aliphatic rings. The lowest BCUT2D eigenvalue weighted by molar-refractivity contribution is 0.0929. The minimum Gasteiger partial charge on any atom is -0.302 e. The number of aryl methyl sites for hydroxylation is 1. The highest BCUT2D eigenvalue weighted by Crippen LogP contribution is 2.36. The predicted octanol–water partition coefficient (Wildman–Crippen LogP) is 4.09. The van der Waals surface area contributed by atoms with Gasteiger partial charge in [0.2, 0.25) is 0 Å². The Kier molecular flexibility index (Phi) is 5.40. The molecule has 0 amide bonds. The summed E-state index contributed by atoms with van der Waals surface area (Å²) in [5.41, 5.74) is 1.70. The van der Waals surface area contributed by atoms with E-state index < -0.39 is 6.04 Å². The molecule has 2 heterocycles. The van der Waals surface area contributed by atoms with Crippen molar-refractivity contribution in [3.05, 3.63) is 62.5 Å². The summed E-state index contributed by atoms with van der Waals surface area (Å²) in [7, 11) is 3.90. The summed E-state index contributed by atoms with van der Waals surface area (Å²) in [5.74, 6) is 1.22. The molecule has 0 N–H and O–H groups in total. The number of fused-ring (bicyclic) bond motifs is 3. The maximum absolute atomic E-state index is 13.7. The maximum Gasteiger partial charge on any atom is 0.263 e. The molecule has 0 radical (unpaired) electrons. The van der Waals surface area contributed by atoms with E-state index in [4.69, 9.17) is 4.98 Å². The number of benzene rings is 1. The van der Waals surface area contributed by atoms with Crippen LogP contribution < -0.4 is 5.56 Å². The summed E-state index contributed by atoms with van der Waals surface area (Å²) in [5, 5.41) is 0.729. The molecule has 6 heteroatoms. The Morgan fingerprint density at radius 3 is 2.72 bits per heavy atom. The van der Waals surface area contributed by atoms with Crippen LogP contribution >= 0.6 is 11.3 Å². The average molecular weight is 410 g/mol. The van der Waals surface area contributed by atoms with Gasteiger partial charge < -0.3 is 4.90 Å². The lowest BCUT2D eigenvalue weighted by Crippen LogP contribution is -2.34. The molecular formula is C23H27N3O2S. The minimum absolute atomic E-state index is 0.0634. The fraction of sp³-hybridized carbons (Fsp3) is 0.435. The zero-order valence-electron chi connectivity index (χ0n) is 17.4. The number of Topliss-reactive ketones (excluding diaryl/α,β-unsaturated/α-hetero) is 1. The molecule has 2 atom stereocenters. The van der Waals surface area contributed by atoms with Crippen molar-refractivity contribution in [1.82, 2.24) is 14.5 Å². The number of thiophene rings is 1. The van der Waals surface area contributed by atoms with Crippen molar-refractivity contribution in [2.75, 3.05) is 14.1 Å². The molecule has 0 fully saturated rings. The molecule has 0 bridgehead atoms. The molecule has 0 saturated carbocycles. The zero-order chi connectivity index (χ0) is 20.7. The lowest BCUT2D eigenvalue weighted by atomic mass is 9.89. The van der Waals surface area contributed by atoms with Gasteiger partial charge in [0.25, 0.3) is 5.56 Å². The van der Waals surface area contributed by atoms with Gasteiger partial charge in [-0.15, -0.1) is 11.3 Å². The summed E-state index contributed by atoms with van der Waals surface area (Å²) >= 11 is 1.66. The molecular weight excluding hydrogens is 382 g/mol. The minimum atomic E-state index is -0.602. The van der Waals surface area contributed by atoms with Crippen molar-refractivity contribution in [1.29, 1.82) is 0 Å². The van der Waals surface area contributed by atoms with Crippen LogP contribution in [0.25, 0.3) is 10.2 Å². The fourth-order valence-electron chi connectivity index (χ4n) is 4.20. The van der Waals surface area contributed by atoms with E-state index in [9.17, 15) is 9.59 Å². The SMILES string of the molecule is CC1CCc2c(sc3nc(CN(C)C)n(C(C)C(=O)c4ccccc4)c(=O)c23)C1. The molecule has 0 saturated heterocycles. The first kappa shape index (κ1) is 20.0. The molecule has 4 rings (SSSR count). The van der Waals surface area contributed by atoms with Gasteiger partial charge in [0, 0.05) is 10.4 Å². The highest BCUT2D eigenvalue weighted by molar-refractivity contribution is 7.18. The number of hydrogen-bond donors (Lipinski definition) is 0. The number of rotatable bonds is 5. The van der Waals surface area contributed by atoms with Crippen molar-refractivity contribution in [3.63, 3.8) is 0 Å². The van der Waals surface area contributed by atoms with Crippen LogP contribution in [-0.4, -0.2) is 34.3 Å². The Morgan fingerprint density at radius 1 is 1.31 bits per heavy atom. The highest BCUT2D eigenvalue weighted by Gasteiger charge is 2.28. The monoisotopic (exact) mass is 409 g/mol. The van der Waals surface area contributed by atoms with Gasteiger partial charge in [0.1, 0.15) is 10.7 Å². The van der Waals surface area contributed by atoms with Crippen LogP contribution in [0.3, 0.4) is 0 Å². The first-order valence-corrected chi connectivity index (χ1v) is 11.0. The van der Waals surface area contributed by atoms with Crippen LogP contribution in [0, 0.1) is 5.92 Å². The smallest absolute Gasteiger partial charge is 0.263 e. The van der Waals surface area contributed by atoms with Crippen molar-refractivity contribution in [2.45, 2.75) is 45.7 Å². The quantitative estimate of drug-likeness (QED) is 0.596. The summed E-state index contributed by atoms with van der Waals surface area (Å²) in [4.78, 5) is 35.8. The van der Waals surface area contributed by atoms with Crippen molar-refractivity contribution in [3.8, 4) is 0 Å². The van der Waals surface area contributed by atoms with E-state index >= 15 is 0 Å². The third-order valence-electron chi connectivity index (χ3n) is 5.72. The summed E-state index contributed by atoms with van der Waals surface area (Å²) in [6.45, 7) is 4.58. The Hall–Kier alpha value is -2.31. The van der Waals surface area contributed by atoms with Crippen molar-refractivity contribution >= 4 is 27.3 Å². The number of ketones is 1. The third kappa shape index (κ3) is 3.67. The summed E-state index contributed by atoms with van der Waals surface area (Å²) < 4.78 is 1.63. The van der Waals surface area contributed by atoms with E-state index in [1.165, 1.54) is 4.88 Å². The molecule has 0 spiro atoms. The maximum atomic E-state index is 13.7. The fourth-order valence-corrected chi connectivity index (χ4v) is 5.59. The van der Waals surface area contributed by atoms with Crippen molar-refractivity contribution in [2.24, 2.45) is 5.92 Å². The van der Waals surface area contributed by atoms with Gasteiger partial charge in [-0.2, -0.15) is 0 Å². The van der Waals surface area contributed by atoms with Gasteiger partial charge in [-0.3, -0.25) is 14.2 Å². The standard InChI is InChI=1S/C23H27N3O2S/c1-14-10-11-17-18(12-14)29-22-20(17)23(28)26(19(24-22)13-25(3)4)15(2)21(27)16-8-6-5-7-9-16/h5-9,14-15H,10-13H2,1-4H3. The second-order valence-electron chi connectivity index (χ2n) is 8.38. The normalized spacial score (nSPS) is 17.5. The first-order chi connectivity index (χ1) is 13.9. The van der Waals surface area contributed by atoms with Crippen LogP contribution in [0.4, 0.5) is 0 Å². The van der Waals surface area contributed by atoms with Crippen LogP contribution in [0.2, 0.25) is 0 Å². The van der Waals surface area contributed by atoms with E-state index in [0.29, 0.717) is 23.9 Å². The molecule has 1 aliphatic carbocycles. The molecule has 29 heavy (non-hydrogen) atoms. The molecule has 152 valence electrons. The molecule has 2 unspecified atom stereocenters. The van der Waals surface area contributed by atoms with E-state index in [-0.39, 0.29) is 11.3 Å². The van der Waals surface area contributed by atoms with Gasteiger partial charge in [-0.25, -0.2) is 4.98 Å². The van der Waals surface area contributed by atoms with Gasteiger partial charge in [-0.1, -0.05) is 37.3 Å². The molecule has 5 nitrogen and oxygen atoms in total. The van der Waals surface area contributed by atoms with Crippen LogP contribution in [0.1, 0.15) is 52.9 Å². The topological polar surface area (TPSA) is 55.2 Å². The van der Waals surface area contributed by atoms with Gasteiger partial charge in [0.15, 0.2) is 5.78 Å². The second kappa shape index (κ2) is 7.84. The van der Waals surface area contributed by atoms with Crippen LogP contribution in [0.5, 0.6) is 0 Å². The molecule has 3 aromatic rings. The Bertz CT molecular complexity index is 1110. The number of carbonyl (C=O) groups is 1. The van der Waals surface area contributed by atoms with Gasteiger partial charge in [0.05, 0.1) is 18.0 Å². The summed E-state index contributed by atoms with van der Waals surface area (Å²) in [6, 6.07) is 8.58. The Balaban J connectivity index is 1.90. The van der Waals surface area contributed by atoms with Crippen molar-refractivity contribution < 1.29 is 4.79 Å². The summed E-state index contributed by atoms with van der Waals surface area (Å²) in [6.07, 6.45) is 3.02. The van der Waals surface area contributed by atoms with Gasteiger partial charge in [-0.05, 0) is 51.8 Å². The number of carbonyl (C=O) groups excluding carboxylic acids is 1. The first-order valence-electron chi connectivity index (χ1n) is 10.2. The van der Waals surface area contributed by atoms with Gasteiger partial charge >= 0.3 is 0 Å². The lowest BCUT2D eigenvalue weighted by Gasteiger charge is -2.21. The second-order valence-corrected chi connectivity index (χ2v) is 9.46. The van der Waals surface area contributed by atoms with E-state index in [1.807, 2.05) is 44.1 Å². The molecule has 1 aromatic carbocycles.